The number of nitrogens with one attached hydrogen (secondary N) is 1. The molecule has 4 rings (SSSR count). The number of benzene rings is 3. The zero-order valence-corrected chi connectivity index (χ0v) is 15.5. The summed E-state index contributed by atoms with van der Waals surface area (Å²) in [6, 6.07) is 20.3. The molecule has 0 unspecified atom stereocenters. The topological polar surface area (TPSA) is 54.9 Å². The Morgan fingerprint density at radius 2 is 1.70 bits per heavy atom. The van der Waals surface area contributed by atoms with Gasteiger partial charge in [0.05, 0.1) is 16.6 Å². The van der Waals surface area contributed by atoms with Gasteiger partial charge in [0.15, 0.2) is 0 Å². The van der Waals surface area contributed by atoms with Gasteiger partial charge in [-0.15, -0.1) is 0 Å². The van der Waals surface area contributed by atoms with Crippen molar-refractivity contribution in [1.29, 1.82) is 0 Å². The van der Waals surface area contributed by atoms with E-state index < -0.39 is 5.69 Å². The van der Waals surface area contributed by atoms with Crippen LogP contribution in [0.1, 0.15) is 12.5 Å². The fraction of sp³-hybridized carbons (Fsp3) is 0.0909. The summed E-state index contributed by atoms with van der Waals surface area (Å²) < 4.78 is 1.20. The van der Waals surface area contributed by atoms with Crippen LogP contribution >= 0.6 is 11.6 Å². The summed E-state index contributed by atoms with van der Waals surface area (Å²) in [5.41, 5.74) is 2.95. The average Bonchev–Trinajstić information content (AvgIpc) is 2.68. The molecule has 3 aromatic carbocycles. The molecule has 1 N–H and O–H groups in total. The molecule has 0 aliphatic heterocycles. The molecule has 0 bridgehead atoms. The lowest BCUT2D eigenvalue weighted by molar-refractivity contribution is 0.883. The average molecular weight is 377 g/mol. The third-order valence-electron chi connectivity index (χ3n) is 4.70. The minimum atomic E-state index is -0.454. The summed E-state index contributed by atoms with van der Waals surface area (Å²) in [4.78, 5) is 28.6. The second-order valence-electron chi connectivity index (χ2n) is 6.29. The predicted molar refractivity (Wildman–Crippen MR) is 110 cm³/mol. The van der Waals surface area contributed by atoms with Crippen LogP contribution in [-0.4, -0.2) is 9.55 Å². The van der Waals surface area contributed by atoms with E-state index in [9.17, 15) is 9.59 Å². The van der Waals surface area contributed by atoms with Crippen LogP contribution in [0.5, 0.6) is 0 Å². The highest BCUT2D eigenvalue weighted by Crippen LogP contribution is 2.28. The Labute approximate surface area is 160 Å². The third kappa shape index (κ3) is 2.98. The molecule has 4 nitrogen and oxygen atoms in total. The Morgan fingerprint density at radius 1 is 0.963 bits per heavy atom. The van der Waals surface area contributed by atoms with E-state index in [0.717, 1.165) is 23.1 Å². The van der Waals surface area contributed by atoms with Crippen molar-refractivity contribution in [3.05, 3.63) is 98.2 Å². The molecule has 0 fully saturated rings. The molecule has 0 saturated carbocycles. The number of aromatic amines is 1. The van der Waals surface area contributed by atoms with Gasteiger partial charge in [-0.05, 0) is 41.8 Å². The van der Waals surface area contributed by atoms with Gasteiger partial charge in [0.1, 0.15) is 0 Å². The van der Waals surface area contributed by atoms with Crippen LogP contribution in [0.2, 0.25) is 5.02 Å². The lowest BCUT2D eigenvalue weighted by Gasteiger charge is -2.11. The van der Waals surface area contributed by atoms with E-state index in [1.54, 1.807) is 18.2 Å². The number of para-hydroxylation sites is 1. The Balaban J connectivity index is 1.97. The Kier molecular flexibility index (Phi) is 4.42. The molecule has 4 aromatic rings. The van der Waals surface area contributed by atoms with E-state index in [1.165, 1.54) is 4.57 Å². The Hall–Kier alpha value is -3.11. The highest BCUT2D eigenvalue weighted by atomic mass is 35.5. The number of aryl methyl sites for hydroxylation is 1. The molecule has 134 valence electrons. The number of fused-ring (bicyclic) bond motifs is 1. The minimum absolute atomic E-state index is 0.333. The van der Waals surface area contributed by atoms with Gasteiger partial charge in [-0.3, -0.25) is 4.79 Å². The van der Waals surface area contributed by atoms with Gasteiger partial charge in [0.25, 0.3) is 5.56 Å². The van der Waals surface area contributed by atoms with Crippen molar-refractivity contribution in [2.75, 3.05) is 0 Å². The quantitative estimate of drug-likeness (QED) is 0.569. The summed E-state index contributed by atoms with van der Waals surface area (Å²) in [5, 5.41) is 1.07. The van der Waals surface area contributed by atoms with Crippen LogP contribution in [0.3, 0.4) is 0 Å². The number of rotatable bonds is 3. The minimum Gasteiger partial charge on any atom is -0.306 e. The van der Waals surface area contributed by atoms with E-state index in [4.69, 9.17) is 11.6 Å². The summed E-state index contributed by atoms with van der Waals surface area (Å²) in [6.07, 6.45) is 0.728. The molecule has 1 aromatic heterocycles. The first-order valence-corrected chi connectivity index (χ1v) is 9.10. The highest BCUT2D eigenvalue weighted by molar-refractivity contribution is 6.33. The maximum absolute atomic E-state index is 13.0. The maximum atomic E-state index is 13.0. The van der Waals surface area contributed by atoms with Gasteiger partial charge in [-0.25, -0.2) is 9.36 Å². The van der Waals surface area contributed by atoms with Crippen molar-refractivity contribution in [2.45, 2.75) is 13.3 Å². The van der Waals surface area contributed by atoms with E-state index in [0.29, 0.717) is 21.6 Å². The predicted octanol–water partition coefficient (Wildman–Crippen LogP) is 4.56. The normalized spacial score (nSPS) is 11.0. The zero-order chi connectivity index (χ0) is 19.0. The molecule has 0 aliphatic rings. The molecule has 1 heterocycles. The lowest BCUT2D eigenvalue weighted by atomic mass is 10.0. The molecular weight excluding hydrogens is 360 g/mol. The standard InChI is InChI=1S/C22H17ClN2O2/c1-2-14-7-3-6-10-20(14)25-21(26)17-12-11-15(13-19(17)24-22(25)27)16-8-4-5-9-18(16)23/h3-13H,2H2,1H3,(H,24,27). The van der Waals surface area contributed by atoms with Crippen LogP contribution in [0.25, 0.3) is 27.7 Å². The molecule has 0 aliphatic carbocycles. The molecule has 0 atom stereocenters. The fourth-order valence-electron chi connectivity index (χ4n) is 3.33. The van der Waals surface area contributed by atoms with Crippen molar-refractivity contribution < 1.29 is 0 Å². The van der Waals surface area contributed by atoms with Crippen LogP contribution in [-0.2, 0) is 6.42 Å². The van der Waals surface area contributed by atoms with Crippen molar-refractivity contribution in [3.8, 4) is 16.8 Å². The summed E-state index contributed by atoms with van der Waals surface area (Å²) in [7, 11) is 0. The Bertz CT molecular complexity index is 1270. The second-order valence-corrected chi connectivity index (χ2v) is 6.70. The van der Waals surface area contributed by atoms with Gasteiger partial charge in [-0.1, -0.05) is 61.0 Å². The number of hydrogen-bond donors (Lipinski definition) is 1. The maximum Gasteiger partial charge on any atom is 0.333 e. The summed E-state index contributed by atoms with van der Waals surface area (Å²) in [5.74, 6) is 0. The van der Waals surface area contributed by atoms with Gasteiger partial charge < -0.3 is 4.98 Å². The highest BCUT2D eigenvalue weighted by Gasteiger charge is 2.13. The van der Waals surface area contributed by atoms with Crippen LogP contribution < -0.4 is 11.2 Å². The molecule has 0 radical (unpaired) electrons. The number of H-pyrrole nitrogens is 1. The number of nitrogens with zero attached hydrogens (tertiary/aromatic N) is 1. The Morgan fingerprint density at radius 3 is 2.48 bits per heavy atom. The molecule has 0 saturated heterocycles. The first-order valence-electron chi connectivity index (χ1n) is 8.72. The fourth-order valence-corrected chi connectivity index (χ4v) is 3.57. The van der Waals surface area contributed by atoms with Gasteiger partial charge >= 0.3 is 5.69 Å². The second kappa shape index (κ2) is 6.89. The zero-order valence-electron chi connectivity index (χ0n) is 14.7. The van der Waals surface area contributed by atoms with E-state index in [1.807, 2.05) is 55.5 Å². The van der Waals surface area contributed by atoms with Crippen LogP contribution in [0.4, 0.5) is 0 Å². The molecule has 0 amide bonds. The van der Waals surface area contributed by atoms with Gasteiger partial charge in [0, 0.05) is 10.6 Å². The molecule has 0 spiro atoms. The van der Waals surface area contributed by atoms with Crippen molar-refractivity contribution >= 4 is 22.5 Å². The SMILES string of the molecule is CCc1ccccc1-n1c(=O)[nH]c2cc(-c3ccccc3Cl)ccc2c1=O. The lowest BCUT2D eigenvalue weighted by Crippen LogP contribution is -2.34. The van der Waals surface area contributed by atoms with Crippen LogP contribution in [0, 0.1) is 0 Å². The number of aromatic nitrogens is 2. The number of halogens is 1. The van der Waals surface area contributed by atoms with E-state index in [2.05, 4.69) is 4.98 Å². The molecule has 5 heteroatoms. The first-order chi connectivity index (χ1) is 13.1. The first kappa shape index (κ1) is 17.3. The van der Waals surface area contributed by atoms with E-state index >= 15 is 0 Å². The monoisotopic (exact) mass is 376 g/mol. The summed E-state index contributed by atoms with van der Waals surface area (Å²) >= 11 is 6.27. The van der Waals surface area contributed by atoms with Crippen LogP contribution in [0.15, 0.2) is 76.3 Å². The largest absolute Gasteiger partial charge is 0.333 e. The van der Waals surface area contributed by atoms with Crippen molar-refractivity contribution in [3.63, 3.8) is 0 Å². The van der Waals surface area contributed by atoms with Crippen molar-refractivity contribution in [1.82, 2.24) is 9.55 Å². The molecular formula is C22H17ClN2O2. The van der Waals surface area contributed by atoms with Crippen molar-refractivity contribution in [2.24, 2.45) is 0 Å². The summed E-state index contributed by atoms with van der Waals surface area (Å²) in [6.45, 7) is 2.00. The third-order valence-corrected chi connectivity index (χ3v) is 5.03. The van der Waals surface area contributed by atoms with Gasteiger partial charge in [-0.2, -0.15) is 0 Å². The number of hydrogen-bond acceptors (Lipinski definition) is 2. The molecule has 27 heavy (non-hydrogen) atoms. The van der Waals surface area contributed by atoms with Gasteiger partial charge in [0.2, 0.25) is 0 Å². The van der Waals surface area contributed by atoms with E-state index in [-0.39, 0.29) is 5.56 Å². The smallest absolute Gasteiger partial charge is 0.306 e.